The van der Waals surface area contributed by atoms with Crippen LogP contribution in [0.1, 0.15) is 32.0 Å². The van der Waals surface area contributed by atoms with Gasteiger partial charge in [-0.05, 0) is 25.9 Å². The maximum atomic E-state index is 4.31. The van der Waals surface area contributed by atoms with E-state index < -0.39 is 0 Å². The number of rotatable bonds is 5. The Kier molecular flexibility index (Phi) is 4.50. The molecule has 1 aliphatic rings. The molecular weight excluding hydrogens is 214 g/mol. The minimum Gasteiger partial charge on any atom is -0.315 e. The monoisotopic (exact) mass is 237 g/mol. The largest absolute Gasteiger partial charge is 0.315 e. The number of aromatic nitrogens is 3. The van der Waals surface area contributed by atoms with E-state index in [0.29, 0.717) is 6.04 Å². The molecule has 17 heavy (non-hydrogen) atoms. The highest BCUT2D eigenvalue weighted by Gasteiger charge is 2.23. The first-order chi connectivity index (χ1) is 8.31. The topological polar surface area (TPSA) is 46.0 Å². The van der Waals surface area contributed by atoms with Gasteiger partial charge in [0.15, 0.2) is 0 Å². The van der Waals surface area contributed by atoms with Gasteiger partial charge in [0.1, 0.15) is 12.2 Å². The minimum absolute atomic E-state index is 0.653. The fraction of sp³-hybridized carbons (Fsp3) is 0.833. The number of nitrogens with zero attached hydrogens (tertiary/aromatic N) is 4. The second-order valence-corrected chi connectivity index (χ2v) is 4.73. The van der Waals surface area contributed by atoms with Gasteiger partial charge in [-0.3, -0.25) is 9.58 Å². The molecule has 1 fully saturated rings. The summed E-state index contributed by atoms with van der Waals surface area (Å²) in [5, 5.41) is 7.59. The lowest BCUT2D eigenvalue weighted by atomic mass is 10.0. The number of hydrogen-bond donors (Lipinski definition) is 1. The van der Waals surface area contributed by atoms with Crippen LogP contribution in [0.4, 0.5) is 0 Å². The standard InChI is InChI=1S/C12H23N5/c1-3-13-8-11-6-4-5-7-17(11)9-12-14-10-15-16(12)2/h10-11,13H,3-9H2,1-2H3. The Hall–Kier alpha value is -0.940. The van der Waals surface area contributed by atoms with Crippen LogP contribution in [0.2, 0.25) is 0 Å². The van der Waals surface area contributed by atoms with Crippen molar-refractivity contribution in [3.05, 3.63) is 12.2 Å². The van der Waals surface area contributed by atoms with E-state index in [-0.39, 0.29) is 0 Å². The van der Waals surface area contributed by atoms with Crippen molar-refractivity contribution in [3.63, 3.8) is 0 Å². The molecule has 0 amide bonds. The van der Waals surface area contributed by atoms with Crippen LogP contribution in [0.3, 0.4) is 0 Å². The van der Waals surface area contributed by atoms with Crippen molar-refractivity contribution in [1.29, 1.82) is 0 Å². The maximum Gasteiger partial charge on any atom is 0.140 e. The van der Waals surface area contributed by atoms with Gasteiger partial charge in [0.2, 0.25) is 0 Å². The molecule has 0 saturated carbocycles. The molecule has 0 radical (unpaired) electrons. The number of likely N-dealkylation sites (N-methyl/N-ethyl adjacent to an activating group) is 1. The highest BCUT2D eigenvalue weighted by molar-refractivity contribution is 4.87. The molecule has 0 bridgehead atoms. The molecule has 2 heterocycles. The number of aryl methyl sites for hydroxylation is 1. The summed E-state index contributed by atoms with van der Waals surface area (Å²) in [5.74, 6) is 1.06. The Bertz CT molecular complexity index is 335. The van der Waals surface area contributed by atoms with Crippen LogP contribution in [0, 0.1) is 0 Å². The van der Waals surface area contributed by atoms with Crippen LogP contribution in [0.25, 0.3) is 0 Å². The van der Waals surface area contributed by atoms with E-state index in [0.717, 1.165) is 25.5 Å². The summed E-state index contributed by atoms with van der Waals surface area (Å²) in [7, 11) is 1.96. The van der Waals surface area contributed by atoms with E-state index in [2.05, 4.69) is 27.2 Å². The molecule has 1 unspecified atom stereocenters. The molecule has 5 nitrogen and oxygen atoms in total. The first-order valence-corrected chi connectivity index (χ1v) is 6.59. The first-order valence-electron chi connectivity index (χ1n) is 6.59. The summed E-state index contributed by atoms with van der Waals surface area (Å²) in [6, 6.07) is 0.653. The van der Waals surface area contributed by atoms with Crippen molar-refractivity contribution in [1.82, 2.24) is 25.0 Å². The van der Waals surface area contributed by atoms with Gasteiger partial charge < -0.3 is 5.32 Å². The Labute approximate surface area is 103 Å². The van der Waals surface area contributed by atoms with Crippen LogP contribution in [0.5, 0.6) is 0 Å². The molecule has 2 rings (SSSR count). The van der Waals surface area contributed by atoms with Crippen molar-refractivity contribution in [2.45, 2.75) is 38.8 Å². The zero-order valence-electron chi connectivity index (χ0n) is 10.9. The van der Waals surface area contributed by atoms with E-state index in [1.807, 2.05) is 11.7 Å². The third-order valence-corrected chi connectivity index (χ3v) is 3.53. The van der Waals surface area contributed by atoms with Crippen LogP contribution in [0.15, 0.2) is 6.33 Å². The molecule has 0 spiro atoms. The average molecular weight is 237 g/mol. The highest BCUT2D eigenvalue weighted by atomic mass is 15.3. The molecule has 1 aliphatic heterocycles. The summed E-state index contributed by atoms with van der Waals surface area (Å²) in [6.07, 6.45) is 5.59. The zero-order valence-corrected chi connectivity index (χ0v) is 10.9. The first kappa shape index (κ1) is 12.5. The van der Waals surface area contributed by atoms with Gasteiger partial charge in [-0.25, -0.2) is 4.98 Å². The minimum atomic E-state index is 0.653. The van der Waals surface area contributed by atoms with E-state index in [1.54, 1.807) is 6.33 Å². The average Bonchev–Trinajstić information content (AvgIpc) is 2.74. The van der Waals surface area contributed by atoms with Gasteiger partial charge in [0.25, 0.3) is 0 Å². The molecule has 1 aromatic rings. The van der Waals surface area contributed by atoms with Gasteiger partial charge >= 0.3 is 0 Å². The van der Waals surface area contributed by atoms with Crippen molar-refractivity contribution in [2.75, 3.05) is 19.6 Å². The Morgan fingerprint density at radius 3 is 3.06 bits per heavy atom. The summed E-state index contributed by atoms with van der Waals surface area (Å²) in [4.78, 5) is 6.85. The normalized spacial score (nSPS) is 21.9. The van der Waals surface area contributed by atoms with Crippen molar-refractivity contribution < 1.29 is 0 Å². The second kappa shape index (κ2) is 6.12. The summed E-state index contributed by atoms with van der Waals surface area (Å²) in [5.41, 5.74) is 0. The molecule has 1 N–H and O–H groups in total. The quantitative estimate of drug-likeness (QED) is 0.822. The van der Waals surface area contributed by atoms with Crippen LogP contribution in [-0.4, -0.2) is 45.3 Å². The van der Waals surface area contributed by atoms with Crippen molar-refractivity contribution in [3.8, 4) is 0 Å². The maximum absolute atomic E-state index is 4.31. The van der Waals surface area contributed by atoms with Crippen molar-refractivity contribution >= 4 is 0 Å². The summed E-state index contributed by atoms with van der Waals surface area (Å²) in [6.45, 7) is 6.41. The number of nitrogens with one attached hydrogen (secondary N) is 1. The molecule has 5 heteroatoms. The molecule has 1 aromatic heterocycles. The Balaban J connectivity index is 1.94. The fourth-order valence-corrected chi connectivity index (χ4v) is 2.46. The number of piperidine rings is 1. The van der Waals surface area contributed by atoms with E-state index in [4.69, 9.17) is 0 Å². The molecule has 1 atom stereocenters. The Morgan fingerprint density at radius 2 is 2.35 bits per heavy atom. The smallest absolute Gasteiger partial charge is 0.140 e. The van der Waals surface area contributed by atoms with Crippen LogP contribution >= 0.6 is 0 Å². The predicted octanol–water partition coefficient (Wildman–Crippen LogP) is 0.779. The highest BCUT2D eigenvalue weighted by Crippen LogP contribution is 2.18. The van der Waals surface area contributed by atoms with Gasteiger partial charge in [0, 0.05) is 19.6 Å². The third-order valence-electron chi connectivity index (χ3n) is 3.53. The third kappa shape index (κ3) is 3.26. The van der Waals surface area contributed by atoms with Crippen molar-refractivity contribution in [2.24, 2.45) is 7.05 Å². The molecule has 96 valence electrons. The van der Waals surface area contributed by atoms with Gasteiger partial charge in [0.05, 0.1) is 6.54 Å². The predicted molar refractivity (Wildman–Crippen MR) is 67.6 cm³/mol. The summed E-state index contributed by atoms with van der Waals surface area (Å²) < 4.78 is 1.87. The molecule has 0 aromatic carbocycles. The van der Waals surface area contributed by atoms with Gasteiger partial charge in [-0.1, -0.05) is 13.3 Å². The lowest BCUT2D eigenvalue weighted by Crippen LogP contribution is -2.45. The van der Waals surface area contributed by atoms with E-state index in [1.165, 1.54) is 25.8 Å². The molecule has 1 saturated heterocycles. The van der Waals surface area contributed by atoms with Crippen LogP contribution < -0.4 is 5.32 Å². The fourth-order valence-electron chi connectivity index (χ4n) is 2.46. The molecule has 0 aliphatic carbocycles. The lowest BCUT2D eigenvalue weighted by Gasteiger charge is -2.35. The SMILES string of the molecule is CCNCC1CCCCN1Cc1ncnn1C. The summed E-state index contributed by atoms with van der Waals surface area (Å²) >= 11 is 0. The van der Waals surface area contributed by atoms with Crippen LogP contribution in [-0.2, 0) is 13.6 Å². The number of hydrogen-bond acceptors (Lipinski definition) is 4. The lowest BCUT2D eigenvalue weighted by molar-refractivity contribution is 0.133. The van der Waals surface area contributed by atoms with Gasteiger partial charge in [-0.15, -0.1) is 0 Å². The van der Waals surface area contributed by atoms with E-state index in [9.17, 15) is 0 Å². The van der Waals surface area contributed by atoms with E-state index >= 15 is 0 Å². The number of likely N-dealkylation sites (tertiary alicyclic amines) is 1. The Morgan fingerprint density at radius 1 is 1.47 bits per heavy atom. The van der Waals surface area contributed by atoms with Gasteiger partial charge in [-0.2, -0.15) is 5.10 Å². The second-order valence-electron chi connectivity index (χ2n) is 4.73. The molecular formula is C12H23N5. The zero-order chi connectivity index (χ0) is 12.1.